The van der Waals surface area contributed by atoms with Gasteiger partial charge in [-0.05, 0) is 26.7 Å². The molecule has 1 aliphatic carbocycles. The molecule has 0 atom stereocenters. The summed E-state index contributed by atoms with van der Waals surface area (Å²) in [5.41, 5.74) is 2.55. The lowest BCUT2D eigenvalue weighted by Gasteiger charge is -2.31. The highest BCUT2D eigenvalue weighted by molar-refractivity contribution is 5.70. The molecule has 2 nitrogen and oxygen atoms in total. The van der Waals surface area contributed by atoms with Crippen molar-refractivity contribution < 1.29 is 9.90 Å². The third-order valence-corrected chi connectivity index (χ3v) is 2.03. The fourth-order valence-electron chi connectivity index (χ4n) is 1.11. The third kappa shape index (κ3) is 1.20. The fraction of sp³-hybridized carbons (Fsp3) is 0.625. The van der Waals surface area contributed by atoms with Gasteiger partial charge in [0, 0.05) is 11.9 Å². The zero-order chi connectivity index (χ0) is 7.72. The first-order valence-corrected chi connectivity index (χ1v) is 3.47. The van der Waals surface area contributed by atoms with Crippen LogP contribution in [0, 0.1) is 5.92 Å². The van der Waals surface area contributed by atoms with Crippen LogP contribution in [0.15, 0.2) is 11.1 Å². The van der Waals surface area contributed by atoms with Gasteiger partial charge in [-0.25, -0.2) is 0 Å². The van der Waals surface area contributed by atoms with E-state index in [4.69, 9.17) is 0 Å². The Morgan fingerprint density at radius 2 is 2.00 bits per heavy atom. The molecule has 0 amide bonds. The van der Waals surface area contributed by atoms with Crippen molar-refractivity contribution in [3.8, 4) is 0 Å². The molecule has 0 radical (unpaired) electrons. The largest absolute Gasteiger partial charge is 0.550 e. The van der Waals surface area contributed by atoms with E-state index in [0.717, 1.165) is 0 Å². The Balaban J connectivity index is 2.45. The second-order valence-corrected chi connectivity index (χ2v) is 3.03. The Bertz CT molecular complexity index is 179. The van der Waals surface area contributed by atoms with E-state index >= 15 is 0 Å². The van der Waals surface area contributed by atoms with Gasteiger partial charge >= 0.3 is 0 Å². The monoisotopic (exact) mass is 139 g/mol. The highest BCUT2D eigenvalue weighted by Crippen LogP contribution is 2.34. The summed E-state index contributed by atoms with van der Waals surface area (Å²) in [5.74, 6) is -1.10. The molecule has 0 unspecified atom stereocenters. The van der Waals surface area contributed by atoms with E-state index in [-0.39, 0.29) is 5.92 Å². The van der Waals surface area contributed by atoms with Crippen LogP contribution in [0.4, 0.5) is 0 Å². The predicted octanol–water partition coefficient (Wildman–Crippen LogP) is 0.483. The van der Waals surface area contributed by atoms with Crippen molar-refractivity contribution in [2.45, 2.75) is 26.7 Å². The van der Waals surface area contributed by atoms with Crippen LogP contribution in [-0.2, 0) is 4.79 Å². The van der Waals surface area contributed by atoms with Gasteiger partial charge in [0.25, 0.3) is 0 Å². The van der Waals surface area contributed by atoms with Gasteiger partial charge in [0.1, 0.15) is 0 Å². The molecule has 56 valence electrons. The molecule has 0 aliphatic heterocycles. The first-order valence-electron chi connectivity index (χ1n) is 3.47. The van der Waals surface area contributed by atoms with Gasteiger partial charge in [0.05, 0.1) is 0 Å². The van der Waals surface area contributed by atoms with Gasteiger partial charge in [-0.3, -0.25) is 0 Å². The van der Waals surface area contributed by atoms with Crippen molar-refractivity contribution in [2.75, 3.05) is 0 Å². The molecule has 0 aromatic heterocycles. The van der Waals surface area contributed by atoms with Crippen molar-refractivity contribution in [2.24, 2.45) is 5.92 Å². The number of carbonyl (C=O) groups excluding carboxylic acids is 1. The quantitative estimate of drug-likeness (QED) is 0.496. The fourth-order valence-corrected chi connectivity index (χ4v) is 1.11. The second kappa shape index (κ2) is 2.45. The maximum absolute atomic E-state index is 10.2. The van der Waals surface area contributed by atoms with Crippen molar-refractivity contribution in [3.63, 3.8) is 0 Å². The van der Waals surface area contributed by atoms with Crippen LogP contribution in [0.1, 0.15) is 26.7 Å². The molecule has 0 aromatic rings. The maximum atomic E-state index is 10.2. The predicted molar refractivity (Wildman–Crippen MR) is 36.1 cm³/mol. The minimum Gasteiger partial charge on any atom is -0.550 e. The lowest BCUT2D eigenvalue weighted by atomic mass is 9.78. The van der Waals surface area contributed by atoms with E-state index in [1.807, 2.05) is 13.8 Å². The standard InChI is InChI=1S/C8H12O2/c1-5(2)6-3-7(4-6)8(9)10/h7H,3-4H2,1-2H3,(H,9,10)/p-1. The SMILES string of the molecule is CC(C)=C1CC(C(=O)[O-])C1. The summed E-state index contributed by atoms with van der Waals surface area (Å²) >= 11 is 0. The Labute approximate surface area is 60.6 Å². The second-order valence-electron chi connectivity index (χ2n) is 3.03. The maximum Gasteiger partial charge on any atom is 0.0451 e. The highest BCUT2D eigenvalue weighted by atomic mass is 16.4. The molecule has 0 spiro atoms. The molecule has 0 saturated heterocycles. The summed E-state index contributed by atoms with van der Waals surface area (Å²) < 4.78 is 0. The van der Waals surface area contributed by atoms with Crippen LogP contribution in [0.3, 0.4) is 0 Å². The summed E-state index contributed by atoms with van der Waals surface area (Å²) in [6, 6.07) is 0. The lowest BCUT2D eigenvalue weighted by Crippen LogP contribution is -2.36. The average molecular weight is 139 g/mol. The van der Waals surface area contributed by atoms with Crippen LogP contribution >= 0.6 is 0 Å². The van der Waals surface area contributed by atoms with Gasteiger partial charge in [-0.2, -0.15) is 0 Å². The Morgan fingerprint density at radius 3 is 2.30 bits per heavy atom. The molecule has 0 heterocycles. The molecule has 0 N–H and O–H groups in total. The number of aliphatic carboxylic acids is 1. The number of carboxylic acids is 1. The van der Waals surface area contributed by atoms with Gasteiger partial charge in [-0.1, -0.05) is 11.1 Å². The summed E-state index contributed by atoms with van der Waals surface area (Å²) in [5, 5.41) is 10.2. The minimum absolute atomic E-state index is 0.204. The summed E-state index contributed by atoms with van der Waals surface area (Å²) in [6.45, 7) is 4.03. The van der Waals surface area contributed by atoms with Crippen LogP contribution in [0.5, 0.6) is 0 Å². The van der Waals surface area contributed by atoms with Crippen LogP contribution < -0.4 is 5.11 Å². The van der Waals surface area contributed by atoms with Crippen LogP contribution in [0.25, 0.3) is 0 Å². The Morgan fingerprint density at radius 1 is 1.50 bits per heavy atom. The molecular weight excluding hydrogens is 128 g/mol. The van der Waals surface area contributed by atoms with Gasteiger partial charge < -0.3 is 9.90 Å². The number of hydrogen-bond donors (Lipinski definition) is 0. The van der Waals surface area contributed by atoms with Crippen molar-refractivity contribution in [1.82, 2.24) is 0 Å². The molecule has 2 heteroatoms. The van der Waals surface area contributed by atoms with E-state index in [9.17, 15) is 9.90 Å². The molecule has 10 heavy (non-hydrogen) atoms. The number of carbonyl (C=O) groups is 1. The molecule has 0 aromatic carbocycles. The zero-order valence-electron chi connectivity index (χ0n) is 6.31. The summed E-state index contributed by atoms with van der Waals surface area (Å²) in [4.78, 5) is 10.2. The minimum atomic E-state index is -0.898. The van der Waals surface area contributed by atoms with Gasteiger partial charge in [0.15, 0.2) is 0 Å². The summed E-state index contributed by atoms with van der Waals surface area (Å²) in [6.07, 6.45) is 1.43. The van der Waals surface area contributed by atoms with Gasteiger partial charge in [0.2, 0.25) is 0 Å². The topological polar surface area (TPSA) is 40.1 Å². The number of hydrogen-bond acceptors (Lipinski definition) is 2. The number of rotatable bonds is 1. The Hall–Kier alpha value is -0.790. The molecular formula is C8H11O2-. The van der Waals surface area contributed by atoms with E-state index in [1.54, 1.807) is 0 Å². The third-order valence-electron chi connectivity index (χ3n) is 2.03. The number of allylic oxidation sites excluding steroid dienone is 2. The van der Waals surface area contributed by atoms with Crippen molar-refractivity contribution in [1.29, 1.82) is 0 Å². The smallest absolute Gasteiger partial charge is 0.0451 e. The van der Waals surface area contributed by atoms with E-state index in [2.05, 4.69) is 0 Å². The highest BCUT2D eigenvalue weighted by Gasteiger charge is 2.24. The molecule has 0 bridgehead atoms. The molecule has 1 fully saturated rings. The summed E-state index contributed by atoms with van der Waals surface area (Å²) in [7, 11) is 0. The zero-order valence-corrected chi connectivity index (χ0v) is 6.31. The molecule has 1 saturated carbocycles. The lowest BCUT2D eigenvalue weighted by molar-refractivity contribution is -0.312. The van der Waals surface area contributed by atoms with Gasteiger partial charge in [-0.15, -0.1) is 0 Å². The van der Waals surface area contributed by atoms with Crippen molar-refractivity contribution in [3.05, 3.63) is 11.1 Å². The molecule has 1 rings (SSSR count). The van der Waals surface area contributed by atoms with E-state index in [1.165, 1.54) is 11.1 Å². The normalized spacial score (nSPS) is 23.8. The Kier molecular flexibility index (Phi) is 1.79. The number of carboxylic acid groups (broad SMARTS) is 1. The average Bonchev–Trinajstić information content (AvgIpc) is 1.56. The first kappa shape index (κ1) is 7.32. The van der Waals surface area contributed by atoms with Crippen molar-refractivity contribution >= 4 is 5.97 Å². The molecule has 1 aliphatic rings. The van der Waals surface area contributed by atoms with E-state index in [0.29, 0.717) is 12.8 Å². The first-order chi connectivity index (χ1) is 4.61. The van der Waals surface area contributed by atoms with E-state index < -0.39 is 5.97 Å². The van der Waals surface area contributed by atoms with Crippen LogP contribution in [0.2, 0.25) is 0 Å². The van der Waals surface area contributed by atoms with Crippen LogP contribution in [-0.4, -0.2) is 5.97 Å².